The number of aryl methyl sites for hydroxylation is 2. The predicted molar refractivity (Wildman–Crippen MR) is 140 cm³/mol. The van der Waals surface area contributed by atoms with Crippen molar-refractivity contribution >= 4 is 22.9 Å². The average Bonchev–Trinajstić information content (AvgIpc) is 3.50. The van der Waals surface area contributed by atoms with Gasteiger partial charge in [0.25, 0.3) is 0 Å². The van der Waals surface area contributed by atoms with Crippen molar-refractivity contribution in [1.29, 1.82) is 0 Å². The third kappa shape index (κ3) is 4.70. The summed E-state index contributed by atoms with van der Waals surface area (Å²) in [6, 6.07) is 12.8. The van der Waals surface area contributed by atoms with Crippen molar-refractivity contribution in [3.63, 3.8) is 0 Å². The van der Waals surface area contributed by atoms with Crippen molar-refractivity contribution in [3.8, 4) is 0 Å². The Hall–Kier alpha value is -2.81. The summed E-state index contributed by atoms with van der Waals surface area (Å²) >= 11 is 0. The highest BCUT2D eigenvalue weighted by molar-refractivity contribution is 6.55. The first-order valence-electron chi connectivity index (χ1n) is 13.3. The Balaban J connectivity index is 1.29. The molecule has 0 heterocycles. The molecule has 35 heavy (non-hydrogen) atoms. The van der Waals surface area contributed by atoms with E-state index in [1.807, 2.05) is 26.0 Å². The molecule has 3 nitrogen and oxygen atoms in total. The summed E-state index contributed by atoms with van der Waals surface area (Å²) in [5.74, 6) is 0.503. The number of fused-ring (bicyclic) bond motifs is 1. The van der Waals surface area contributed by atoms with E-state index < -0.39 is 0 Å². The molecule has 0 bridgehead atoms. The summed E-state index contributed by atoms with van der Waals surface area (Å²) in [7, 11) is 0. The van der Waals surface area contributed by atoms with E-state index >= 15 is 0 Å². The summed E-state index contributed by atoms with van der Waals surface area (Å²) in [5.41, 5.74) is 6.73. The predicted octanol–water partition coefficient (Wildman–Crippen LogP) is 6.83. The topological polar surface area (TPSA) is 51.2 Å². The van der Waals surface area contributed by atoms with Gasteiger partial charge in [-0.2, -0.15) is 0 Å². The van der Waals surface area contributed by atoms with Crippen molar-refractivity contribution in [1.82, 2.24) is 0 Å². The molecule has 0 radical (unpaired) electrons. The fourth-order valence-corrected chi connectivity index (χ4v) is 6.13. The molecule has 2 aromatic carbocycles. The van der Waals surface area contributed by atoms with Gasteiger partial charge in [-0.3, -0.25) is 14.4 Å². The number of Topliss-reactive ketones (excluding diaryl/α,β-unsaturated/α-hetero) is 3. The van der Waals surface area contributed by atoms with Crippen molar-refractivity contribution in [2.24, 2.45) is 23.7 Å². The average molecular weight is 469 g/mol. The summed E-state index contributed by atoms with van der Waals surface area (Å²) in [6.07, 6.45) is 7.79. The zero-order valence-corrected chi connectivity index (χ0v) is 21.4. The number of rotatable bonds is 7. The van der Waals surface area contributed by atoms with Gasteiger partial charge in [0.15, 0.2) is 5.78 Å². The molecule has 3 heteroatoms. The second kappa shape index (κ2) is 9.33. The molecule has 2 aromatic rings. The van der Waals surface area contributed by atoms with Crippen LogP contribution < -0.4 is 0 Å². The van der Waals surface area contributed by atoms with Crippen LogP contribution in [-0.4, -0.2) is 17.3 Å². The van der Waals surface area contributed by atoms with Crippen molar-refractivity contribution in [2.75, 3.05) is 0 Å². The first kappa shape index (κ1) is 23.9. The Morgan fingerprint density at radius 2 is 1.57 bits per heavy atom. The van der Waals surface area contributed by atoms with E-state index in [0.717, 1.165) is 60.8 Å². The van der Waals surface area contributed by atoms with Crippen LogP contribution in [0.3, 0.4) is 0 Å². The standard InChI is InChI=1S/C32H36O3/c1-18-5-7-22(8-6-18)16-23-9-11-24(12-10-23)30(33)27-17-28-25(13-20(27)3)19(2)15-29(28)32(35)31(34)26-14-21(26)4/h5-8,13,15,17,19,21,23-24,26H,9-12,14,16H2,1-4H3. The number of carbonyl (C=O) groups excluding carboxylic acids is 3. The fraction of sp³-hybridized carbons (Fsp3) is 0.469. The summed E-state index contributed by atoms with van der Waals surface area (Å²) in [6.45, 7) is 8.19. The molecule has 3 aliphatic rings. The lowest BCUT2D eigenvalue weighted by Gasteiger charge is -2.28. The highest BCUT2D eigenvalue weighted by atomic mass is 16.2. The highest BCUT2D eigenvalue weighted by Crippen LogP contribution is 2.43. The summed E-state index contributed by atoms with van der Waals surface area (Å²) < 4.78 is 0. The third-order valence-electron chi connectivity index (χ3n) is 8.64. The number of ketones is 3. The van der Waals surface area contributed by atoms with Crippen LogP contribution in [0.25, 0.3) is 5.57 Å². The monoisotopic (exact) mass is 468 g/mol. The minimum atomic E-state index is -0.371. The Kier molecular flexibility index (Phi) is 6.38. The van der Waals surface area contributed by atoms with Crippen LogP contribution in [-0.2, 0) is 16.0 Å². The molecule has 0 aromatic heterocycles. The van der Waals surface area contributed by atoms with E-state index in [4.69, 9.17) is 0 Å². The van der Waals surface area contributed by atoms with E-state index in [-0.39, 0.29) is 35.1 Å². The van der Waals surface area contributed by atoms with Gasteiger partial charge in [-0.25, -0.2) is 0 Å². The van der Waals surface area contributed by atoms with Gasteiger partial charge in [0.05, 0.1) is 0 Å². The number of hydrogen-bond acceptors (Lipinski definition) is 3. The number of benzene rings is 2. The minimum absolute atomic E-state index is 0.0388. The maximum absolute atomic E-state index is 13.6. The number of carbonyl (C=O) groups is 3. The molecule has 0 aliphatic heterocycles. The van der Waals surface area contributed by atoms with Crippen LogP contribution in [0, 0.1) is 37.5 Å². The Bertz CT molecular complexity index is 1210. The van der Waals surface area contributed by atoms with Gasteiger partial charge in [0, 0.05) is 28.9 Å². The summed E-state index contributed by atoms with van der Waals surface area (Å²) in [4.78, 5) is 39.3. The first-order chi connectivity index (χ1) is 16.7. The van der Waals surface area contributed by atoms with E-state index in [1.165, 1.54) is 11.1 Å². The molecular formula is C32H36O3. The van der Waals surface area contributed by atoms with E-state index in [2.05, 4.69) is 44.2 Å². The lowest BCUT2D eigenvalue weighted by atomic mass is 9.76. The second-order valence-corrected chi connectivity index (χ2v) is 11.4. The van der Waals surface area contributed by atoms with Crippen LogP contribution in [0.15, 0.2) is 42.5 Å². The highest BCUT2D eigenvalue weighted by Gasteiger charge is 2.44. The molecule has 0 spiro atoms. The Labute approximate surface area is 209 Å². The van der Waals surface area contributed by atoms with Gasteiger partial charge in [0.2, 0.25) is 11.6 Å². The molecule has 182 valence electrons. The van der Waals surface area contributed by atoms with Crippen LogP contribution in [0.1, 0.15) is 90.0 Å². The Morgan fingerprint density at radius 1 is 0.914 bits per heavy atom. The van der Waals surface area contributed by atoms with Crippen LogP contribution in [0.2, 0.25) is 0 Å². The molecule has 2 fully saturated rings. The fourth-order valence-electron chi connectivity index (χ4n) is 6.13. The zero-order chi connectivity index (χ0) is 24.9. The van der Waals surface area contributed by atoms with Crippen LogP contribution in [0.5, 0.6) is 0 Å². The second-order valence-electron chi connectivity index (χ2n) is 11.4. The lowest BCUT2D eigenvalue weighted by Crippen LogP contribution is -2.24. The van der Waals surface area contributed by atoms with Gasteiger partial charge in [-0.05, 0) is 92.5 Å². The molecule has 3 atom stereocenters. The van der Waals surface area contributed by atoms with Crippen LogP contribution in [0.4, 0.5) is 0 Å². The van der Waals surface area contributed by atoms with Crippen molar-refractivity contribution in [2.45, 2.75) is 72.1 Å². The SMILES string of the molecule is Cc1ccc(CC2CCC(C(=O)c3cc4c(cc3C)C(C)C=C4C(=O)C(=O)C3CC3C)CC2)cc1. The molecule has 3 unspecified atom stereocenters. The quantitative estimate of drug-likeness (QED) is 0.330. The van der Waals surface area contributed by atoms with Gasteiger partial charge in [-0.15, -0.1) is 0 Å². The van der Waals surface area contributed by atoms with E-state index in [1.54, 1.807) is 0 Å². The van der Waals surface area contributed by atoms with Crippen LogP contribution >= 0.6 is 0 Å². The summed E-state index contributed by atoms with van der Waals surface area (Å²) in [5, 5.41) is 0. The van der Waals surface area contributed by atoms with Gasteiger partial charge in [-0.1, -0.05) is 55.8 Å². The Morgan fingerprint density at radius 3 is 2.20 bits per heavy atom. The molecule has 3 aliphatic carbocycles. The smallest absolute Gasteiger partial charge is 0.229 e. The molecule has 2 saturated carbocycles. The van der Waals surface area contributed by atoms with E-state index in [9.17, 15) is 14.4 Å². The molecular weight excluding hydrogens is 432 g/mol. The molecule has 0 amide bonds. The van der Waals surface area contributed by atoms with E-state index in [0.29, 0.717) is 17.4 Å². The molecule has 0 saturated heterocycles. The zero-order valence-electron chi connectivity index (χ0n) is 21.4. The maximum atomic E-state index is 13.6. The maximum Gasteiger partial charge on any atom is 0.229 e. The van der Waals surface area contributed by atoms with Gasteiger partial charge < -0.3 is 0 Å². The third-order valence-corrected chi connectivity index (χ3v) is 8.64. The largest absolute Gasteiger partial charge is 0.294 e. The first-order valence-corrected chi connectivity index (χ1v) is 13.3. The van der Waals surface area contributed by atoms with Crippen molar-refractivity contribution < 1.29 is 14.4 Å². The van der Waals surface area contributed by atoms with Gasteiger partial charge >= 0.3 is 0 Å². The number of allylic oxidation sites excluding steroid dienone is 2. The molecule has 5 rings (SSSR count). The lowest BCUT2D eigenvalue weighted by molar-refractivity contribution is -0.134. The molecule has 0 N–H and O–H groups in total. The number of hydrogen-bond donors (Lipinski definition) is 0. The normalized spacial score (nSPS) is 27.2. The van der Waals surface area contributed by atoms with Crippen molar-refractivity contribution in [3.05, 3.63) is 75.9 Å². The van der Waals surface area contributed by atoms with Gasteiger partial charge in [0.1, 0.15) is 0 Å². The minimum Gasteiger partial charge on any atom is -0.294 e.